The quantitative estimate of drug-likeness (QED) is 0.517. The van der Waals surface area contributed by atoms with Crippen LogP contribution in [0.3, 0.4) is 0 Å². The van der Waals surface area contributed by atoms with Gasteiger partial charge in [0.25, 0.3) is 11.6 Å². The fourth-order valence-electron chi connectivity index (χ4n) is 2.21. The van der Waals surface area contributed by atoms with Crippen molar-refractivity contribution in [1.82, 2.24) is 15.1 Å². The van der Waals surface area contributed by atoms with Crippen molar-refractivity contribution in [2.24, 2.45) is 7.05 Å². The van der Waals surface area contributed by atoms with Crippen molar-refractivity contribution in [2.45, 2.75) is 19.1 Å². The summed E-state index contributed by atoms with van der Waals surface area (Å²) in [5.74, 6) is -0.645. The van der Waals surface area contributed by atoms with Crippen LogP contribution in [0.1, 0.15) is 27.8 Å². The van der Waals surface area contributed by atoms with Crippen LogP contribution in [-0.2, 0) is 7.05 Å². The number of aryl methyl sites for hydroxylation is 1. The third-order valence-electron chi connectivity index (χ3n) is 3.82. The van der Waals surface area contributed by atoms with E-state index in [9.17, 15) is 25.1 Å². The minimum absolute atomic E-state index is 0.0176. The Hall–Kier alpha value is -2.49. The Balaban J connectivity index is 2.16. The number of halogens is 1. The third-order valence-corrected chi connectivity index (χ3v) is 4.27. The van der Waals surface area contributed by atoms with Gasteiger partial charge in [0.1, 0.15) is 6.10 Å². The Morgan fingerprint density at radius 2 is 2.04 bits per heavy atom. The molecule has 2 aromatic rings. The molecule has 3 N–H and O–H groups in total. The number of nitro benzene ring substituents is 1. The zero-order valence-corrected chi connectivity index (χ0v) is 14.3. The van der Waals surface area contributed by atoms with E-state index < -0.39 is 29.6 Å². The van der Waals surface area contributed by atoms with Crippen molar-refractivity contribution >= 4 is 23.2 Å². The molecular weight excluding hydrogens is 352 g/mol. The normalized spacial score (nSPS) is 13.3. The molecule has 1 aromatic heterocycles. The van der Waals surface area contributed by atoms with E-state index in [4.69, 9.17) is 11.6 Å². The third kappa shape index (κ3) is 3.95. The summed E-state index contributed by atoms with van der Waals surface area (Å²) in [5, 5.41) is 37.1. The van der Waals surface area contributed by atoms with Crippen LogP contribution in [0.5, 0.6) is 0 Å². The molecule has 0 aliphatic rings. The number of aliphatic hydroxyl groups excluding tert-OH is 2. The minimum Gasteiger partial charge on any atom is -0.394 e. The van der Waals surface area contributed by atoms with Crippen molar-refractivity contribution in [3.05, 3.63) is 56.4 Å². The Morgan fingerprint density at radius 3 is 2.48 bits per heavy atom. The summed E-state index contributed by atoms with van der Waals surface area (Å²) < 4.78 is 1.44. The van der Waals surface area contributed by atoms with Gasteiger partial charge in [-0.15, -0.1) is 0 Å². The van der Waals surface area contributed by atoms with Crippen LogP contribution in [0, 0.1) is 17.0 Å². The van der Waals surface area contributed by atoms with Crippen LogP contribution in [0.2, 0.25) is 5.02 Å². The lowest BCUT2D eigenvalue weighted by atomic mass is 10.0. The summed E-state index contributed by atoms with van der Waals surface area (Å²) in [7, 11) is 1.63. The number of carbonyl (C=O) groups excluding carboxylic acids is 1. The Labute approximate surface area is 148 Å². The van der Waals surface area contributed by atoms with Gasteiger partial charge in [0.15, 0.2) is 5.69 Å². The summed E-state index contributed by atoms with van der Waals surface area (Å²) in [6.07, 6.45) is -1.27. The molecule has 1 aromatic carbocycles. The first-order valence-electron chi connectivity index (χ1n) is 7.29. The number of carbonyl (C=O) groups is 1. The molecule has 0 aliphatic heterocycles. The van der Waals surface area contributed by atoms with Crippen LogP contribution in [0.25, 0.3) is 0 Å². The van der Waals surface area contributed by atoms with Crippen LogP contribution in [0.4, 0.5) is 5.69 Å². The number of amides is 1. The predicted molar refractivity (Wildman–Crippen MR) is 89.4 cm³/mol. The van der Waals surface area contributed by atoms with Gasteiger partial charge in [0, 0.05) is 19.2 Å². The lowest BCUT2D eigenvalue weighted by molar-refractivity contribution is -0.384. The number of nitrogens with one attached hydrogen (secondary N) is 1. The van der Waals surface area contributed by atoms with Crippen LogP contribution >= 0.6 is 11.6 Å². The van der Waals surface area contributed by atoms with Crippen molar-refractivity contribution in [3.8, 4) is 0 Å². The number of non-ortho nitro benzene ring substituents is 1. The Morgan fingerprint density at radius 1 is 1.44 bits per heavy atom. The first-order chi connectivity index (χ1) is 11.8. The first kappa shape index (κ1) is 18.8. The number of benzene rings is 1. The van der Waals surface area contributed by atoms with E-state index in [-0.39, 0.29) is 16.4 Å². The molecule has 0 aliphatic carbocycles. The van der Waals surface area contributed by atoms with Crippen molar-refractivity contribution < 1.29 is 19.9 Å². The molecule has 2 rings (SSSR count). The fourth-order valence-corrected chi connectivity index (χ4v) is 2.46. The van der Waals surface area contributed by atoms with Gasteiger partial charge in [-0.1, -0.05) is 11.6 Å². The molecule has 0 spiro atoms. The van der Waals surface area contributed by atoms with Gasteiger partial charge < -0.3 is 15.5 Å². The highest BCUT2D eigenvalue weighted by Gasteiger charge is 2.26. The van der Waals surface area contributed by atoms with Gasteiger partial charge in [-0.3, -0.25) is 19.6 Å². The second kappa shape index (κ2) is 7.60. The number of nitrogens with zero attached hydrogens (tertiary/aromatic N) is 3. The minimum atomic E-state index is -1.27. The smallest absolute Gasteiger partial charge is 0.273 e. The summed E-state index contributed by atoms with van der Waals surface area (Å²) in [6, 6.07) is 4.14. The van der Waals surface area contributed by atoms with Crippen LogP contribution < -0.4 is 5.32 Å². The molecule has 134 valence electrons. The van der Waals surface area contributed by atoms with Gasteiger partial charge in [-0.25, -0.2) is 0 Å². The monoisotopic (exact) mass is 368 g/mol. The molecule has 9 nitrogen and oxygen atoms in total. The molecule has 0 fully saturated rings. The largest absolute Gasteiger partial charge is 0.394 e. The van der Waals surface area contributed by atoms with Crippen molar-refractivity contribution in [2.75, 3.05) is 6.61 Å². The topological polar surface area (TPSA) is 131 Å². The molecule has 0 radical (unpaired) electrons. The number of aliphatic hydroxyl groups is 2. The molecule has 0 saturated carbocycles. The Bertz CT molecular complexity index is 790. The molecule has 1 amide bonds. The van der Waals surface area contributed by atoms with E-state index >= 15 is 0 Å². The molecule has 2 unspecified atom stereocenters. The van der Waals surface area contributed by atoms with Gasteiger partial charge in [0.2, 0.25) is 0 Å². The maximum Gasteiger partial charge on any atom is 0.273 e. The number of hydrogen-bond acceptors (Lipinski definition) is 6. The van der Waals surface area contributed by atoms with E-state index in [1.807, 2.05) is 0 Å². The van der Waals surface area contributed by atoms with E-state index in [0.29, 0.717) is 11.3 Å². The second-order valence-corrected chi connectivity index (χ2v) is 5.81. The molecular formula is C15H17ClN4O5. The maximum atomic E-state index is 12.3. The van der Waals surface area contributed by atoms with Gasteiger partial charge in [0.05, 0.1) is 28.3 Å². The van der Waals surface area contributed by atoms with E-state index in [2.05, 4.69) is 10.4 Å². The van der Waals surface area contributed by atoms with Crippen molar-refractivity contribution in [1.29, 1.82) is 0 Å². The zero-order chi connectivity index (χ0) is 18.7. The highest BCUT2D eigenvalue weighted by molar-refractivity contribution is 6.34. The standard InChI is InChI=1S/C15H17ClN4O5/c1-8-12(16)13(18-19(8)2)15(23)17-11(7-21)14(22)9-3-5-10(6-4-9)20(24)25/h3-6,11,14,21-22H,7H2,1-2H3,(H,17,23). The number of nitro groups is 1. The SMILES string of the molecule is Cc1c(Cl)c(C(=O)NC(CO)C(O)c2ccc([N+](=O)[O-])cc2)nn1C. The zero-order valence-electron chi connectivity index (χ0n) is 13.5. The summed E-state index contributed by atoms with van der Waals surface area (Å²) in [5.41, 5.74) is 0.767. The number of rotatable bonds is 6. The molecule has 25 heavy (non-hydrogen) atoms. The van der Waals surface area contributed by atoms with Crippen LogP contribution in [0.15, 0.2) is 24.3 Å². The first-order valence-corrected chi connectivity index (χ1v) is 7.67. The van der Waals surface area contributed by atoms with Gasteiger partial charge >= 0.3 is 0 Å². The summed E-state index contributed by atoms with van der Waals surface area (Å²) in [6.45, 7) is 1.15. The highest BCUT2D eigenvalue weighted by Crippen LogP contribution is 2.22. The predicted octanol–water partition coefficient (Wildman–Crippen LogP) is 1.11. The molecule has 2 atom stereocenters. The van der Waals surface area contributed by atoms with E-state index in [0.717, 1.165) is 0 Å². The van der Waals surface area contributed by atoms with Gasteiger partial charge in [-0.2, -0.15) is 5.10 Å². The number of aromatic nitrogens is 2. The second-order valence-electron chi connectivity index (χ2n) is 5.43. The van der Waals surface area contributed by atoms with Crippen molar-refractivity contribution in [3.63, 3.8) is 0 Å². The maximum absolute atomic E-state index is 12.3. The van der Waals surface area contributed by atoms with E-state index in [1.165, 1.54) is 28.9 Å². The lowest BCUT2D eigenvalue weighted by Gasteiger charge is -2.22. The fraction of sp³-hybridized carbons (Fsp3) is 0.333. The van der Waals surface area contributed by atoms with E-state index in [1.54, 1.807) is 14.0 Å². The molecule has 1 heterocycles. The average molecular weight is 369 g/mol. The van der Waals surface area contributed by atoms with Gasteiger partial charge in [-0.05, 0) is 24.6 Å². The Kier molecular flexibility index (Phi) is 5.73. The van der Waals surface area contributed by atoms with Crippen LogP contribution in [-0.4, -0.2) is 43.5 Å². The average Bonchev–Trinajstić information content (AvgIpc) is 2.86. The summed E-state index contributed by atoms with van der Waals surface area (Å²) >= 11 is 6.05. The molecule has 0 saturated heterocycles. The molecule has 10 heteroatoms. The molecule has 0 bridgehead atoms. The lowest BCUT2D eigenvalue weighted by Crippen LogP contribution is -2.42. The number of hydrogen-bond donors (Lipinski definition) is 3. The highest BCUT2D eigenvalue weighted by atomic mass is 35.5. The summed E-state index contributed by atoms with van der Waals surface area (Å²) in [4.78, 5) is 22.4.